The Morgan fingerprint density at radius 3 is 2.36 bits per heavy atom. The van der Waals surface area contributed by atoms with Crippen LogP contribution in [0.3, 0.4) is 0 Å². The van der Waals surface area contributed by atoms with Gasteiger partial charge in [0.15, 0.2) is 5.76 Å². The largest absolute Gasteiger partial charge is 0.459 e. The Hall–Kier alpha value is -3.94. The first-order valence-corrected chi connectivity index (χ1v) is 12.2. The molecule has 4 rings (SSSR count). The first kappa shape index (κ1) is 25.2. The Labute approximate surface area is 209 Å². The van der Waals surface area contributed by atoms with Crippen LogP contribution >= 0.6 is 0 Å². The number of nitrogens with zero attached hydrogens (tertiary/aromatic N) is 1. The fraction of sp³-hybridized carbons (Fsp3) is 0.321. The van der Waals surface area contributed by atoms with Gasteiger partial charge in [0.25, 0.3) is 5.91 Å². The number of hydrogen-bond donors (Lipinski definition) is 2. The van der Waals surface area contributed by atoms with Crippen LogP contribution in [-0.2, 0) is 16.1 Å². The van der Waals surface area contributed by atoms with E-state index in [9.17, 15) is 14.4 Å². The van der Waals surface area contributed by atoms with E-state index in [-0.39, 0.29) is 30.5 Å². The van der Waals surface area contributed by atoms with Crippen molar-refractivity contribution in [2.75, 3.05) is 6.54 Å². The van der Waals surface area contributed by atoms with Crippen molar-refractivity contribution in [3.63, 3.8) is 0 Å². The van der Waals surface area contributed by atoms with Gasteiger partial charge in [-0.05, 0) is 36.6 Å². The van der Waals surface area contributed by atoms with Crippen LogP contribution in [0.2, 0.25) is 0 Å². The molecule has 1 unspecified atom stereocenters. The van der Waals surface area contributed by atoms with Crippen LogP contribution in [0, 0.1) is 5.82 Å². The first-order chi connectivity index (χ1) is 17.5. The molecule has 2 aromatic carbocycles. The maximum absolute atomic E-state index is 15.0. The zero-order valence-electron chi connectivity index (χ0n) is 20.0. The molecule has 1 fully saturated rings. The third-order valence-corrected chi connectivity index (χ3v) is 6.37. The molecule has 1 heterocycles. The number of amides is 3. The van der Waals surface area contributed by atoms with Crippen LogP contribution in [0.4, 0.5) is 4.39 Å². The standard InChI is InChI=1S/C28H30FN3O4/c29-23-15-8-7-14-22(23)26(28(35)31-21-12-5-2-6-13-21)32(19-20-10-3-1-4-11-20)25(33)18-30-27(34)24-16-9-17-36-24/h1,3-4,7-11,14-17,21,26H,2,5-6,12-13,18-19H2,(H,30,34)(H,31,35). The third kappa shape index (κ3) is 6.38. The molecule has 1 aliphatic rings. The van der Waals surface area contributed by atoms with E-state index < -0.39 is 29.6 Å². The lowest BCUT2D eigenvalue weighted by molar-refractivity contribution is -0.141. The normalized spacial score (nSPS) is 14.6. The summed E-state index contributed by atoms with van der Waals surface area (Å²) in [6, 6.07) is 17.0. The van der Waals surface area contributed by atoms with Crippen molar-refractivity contribution in [1.29, 1.82) is 0 Å². The van der Waals surface area contributed by atoms with E-state index >= 15 is 4.39 Å². The number of halogens is 1. The molecule has 36 heavy (non-hydrogen) atoms. The van der Waals surface area contributed by atoms with Crippen molar-refractivity contribution in [2.24, 2.45) is 0 Å². The Morgan fingerprint density at radius 2 is 1.67 bits per heavy atom. The second kappa shape index (κ2) is 12.2. The molecule has 2 N–H and O–H groups in total. The smallest absolute Gasteiger partial charge is 0.287 e. The van der Waals surface area contributed by atoms with Crippen LogP contribution in [0.15, 0.2) is 77.4 Å². The molecule has 3 amide bonds. The van der Waals surface area contributed by atoms with Crippen molar-refractivity contribution in [2.45, 2.75) is 50.7 Å². The highest BCUT2D eigenvalue weighted by Crippen LogP contribution is 2.27. The van der Waals surface area contributed by atoms with Gasteiger partial charge in [-0.15, -0.1) is 0 Å². The number of rotatable bonds is 9. The Balaban J connectivity index is 1.63. The molecule has 0 spiro atoms. The van der Waals surface area contributed by atoms with E-state index in [1.807, 2.05) is 30.3 Å². The van der Waals surface area contributed by atoms with Gasteiger partial charge in [-0.2, -0.15) is 0 Å². The van der Waals surface area contributed by atoms with E-state index in [2.05, 4.69) is 10.6 Å². The summed E-state index contributed by atoms with van der Waals surface area (Å²) in [6.07, 6.45) is 6.21. The lowest BCUT2D eigenvalue weighted by atomic mass is 9.94. The Morgan fingerprint density at radius 1 is 0.944 bits per heavy atom. The van der Waals surface area contributed by atoms with E-state index in [1.54, 1.807) is 18.2 Å². The Bertz CT molecular complexity index is 1160. The maximum Gasteiger partial charge on any atom is 0.287 e. The van der Waals surface area contributed by atoms with Crippen molar-refractivity contribution in [1.82, 2.24) is 15.5 Å². The SMILES string of the molecule is O=C(NCC(=O)N(Cc1ccccc1)C(C(=O)NC1CCCCC1)c1ccccc1F)c1ccco1. The summed E-state index contributed by atoms with van der Waals surface area (Å²) in [7, 11) is 0. The molecule has 7 nitrogen and oxygen atoms in total. The van der Waals surface area contributed by atoms with E-state index in [0.717, 1.165) is 37.7 Å². The third-order valence-electron chi connectivity index (χ3n) is 6.37. The quantitative estimate of drug-likeness (QED) is 0.465. The summed E-state index contributed by atoms with van der Waals surface area (Å²) in [6.45, 7) is -0.318. The molecule has 3 aromatic rings. The average molecular weight is 492 g/mol. The monoisotopic (exact) mass is 491 g/mol. The lowest BCUT2D eigenvalue weighted by Gasteiger charge is -2.33. The first-order valence-electron chi connectivity index (χ1n) is 12.2. The lowest BCUT2D eigenvalue weighted by Crippen LogP contribution is -2.49. The highest BCUT2D eigenvalue weighted by Gasteiger charge is 2.34. The van der Waals surface area contributed by atoms with Gasteiger partial charge in [-0.3, -0.25) is 14.4 Å². The molecule has 8 heteroatoms. The van der Waals surface area contributed by atoms with Crippen molar-refractivity contribution in [3.05, 3.63) is 95.7 Å². The summed E-state index contributed by atoms with van der Waals surface area (Å²) in [4.78, 5) is 40.9. The van der Waals surface area contributed by atoms with Crippen LogP contribution in [-0.4, -0.2) is 35.2 Å². The van der Waals surface area contributed by atoms with E-state index in [0.29, 0.717) is 0 Å². The summed E-state index contributed by atoms with van der Waals surface area (Å²) in [5.41, 5.74) is 0.877. The van der Waals surface area contributed by atoms with Gasteiger partial charge in [-0.25, -0.2) is 4.39 Å². The Kier molecular flexibility index (Phi) is 8.49. The molecule has 1 atom stereocenters. The van der Waals surface area contributed by atoms with Gasteiger partial charge < -0.3 is 20.0 Å². The van der Waals surface area contributed by atoms with Crippen molar-refractivity contribution >= 4 is 17.7 Å². The minimum Gasteiger partial charge on any atom is -0.459 e. The van der Waals surface area contributed by atoms with Crippen LogP contribution in [0.25, 0.3) is 0 Å². The van der Waals surface area contributed by atoms with Gasteiger partial charge in [0, 0.05) is 18.2 Å². The van der Waals surface area contributed by atoms with Gasteiger partial charge in [-0.1, -0.05) is 67.8 Å². The second-order valence-electron chi connectivity index (χ2n) is 8.93. The molecule has 1 aromatic heterocycles. The summed E-state index contributed by atoms with van der Waals surface area (Å²) in [5.74, 6) is -2.02. The zero-order valence-corrected chi connectivity index (χ0v) is 20.0. The van der Waals surface area contributed by atoms with Gasteiger partial charge in [0.2, 0.25) is 11.8 Å². The second-order valence-corrected chi connectivity index (χ2v) is 8.93. The van der Waals surface area contributed by atoms with Crippen LogP contribution < -0.4 is 10.6 Å². The molecule has 0 radical (unpaired) electrons. The van der Waals surface area contributed by atoms with E-state index in [1.165, 1.54) is 29.4 Å². The number of hydrogen-bond acceptors (Lipinski definition) is 4. The van der Waals surface area contributed by atoms with Gasteiger partial charge in [0.05, 0.1) is 12.8 Å². The number of carbonyl (C=O) groups excluding carboxylic acids is 3. The minimum atomic E-state index is -1.21. The maximum atomic E-state index is 15.0. The molecule has 1 saturated carbocycles. The van der Waals surface area contributed by atoms with Crippen molar-refractivity contribution < 1.29 is 23.2 Å². The number of carbonyl (C=O) groups is 3. The van der Waals surface area contributed by atoms with Crippen molar-refractivity contribution in [3.8, 4) is 0 Å². The molecule has 188 valence electrons. The van der Waals surface area contributed by atoms with Gasteiger partial charge >= 0.3 is 0 Å². The summed E-state index contributed by atoms with van der Waals surface area (Å²) in [5, 5.41) is 5.59. The molecule has 0 bridgehead atoms. The topological polar surface area (TPSA) is 91.7 Å². The predicted molar refractivity (Wildman–Crippen MR) is 132 cm³/mol. The molecular formula is C28H30FN3O4. The fourth-order valence-electron chi connectivity index (χ4n) is 4.53. The zero-order chi connectivity index (χ0) is 25.3. The van der Waals surface area contributed by atoms with Crippen LogP contribution in [0.1, 0.15) is 59.8 Å². The van der Waals surface area contributed by atoms with Crippen LogP contribution in [0.5, 0.6) is 0 Å². The minimum absolute atomic E-state index is 0.0205. The molecular weight excluding hydrogens is 461 g/mol. The summed E-state index contributed by atoms with van der Waals surface area (Å²) < 4.78 is 20.1. The predicted octanol–water partition coefficient (Wildman–Crippen LogP) is 4.37. The van der Waals surface area contributed by atoms with E-state index in [4.69, 9.17) is 4.42 Å². The highest BCUT2D eigenvalue weighted by molar-refractivity contribution is 5.95. The summed E-state index contributed by atoms with van der Waals surface area (Å²) >= 11 is 0. The number of benzene rings is 2. The molecule has 1 aliphatic carbocycles. The fourth-order valence-corrected chi connectivity index (χ4v) is 4.53. The molecule has 0 saturated heterocycles. The number of nitrogens with one attached hydrogen (secondary N) is 2. The number of furan rings is 1. The highest BCUT2D eigenvalue weighted by atomic mass is 19.1. The van der Waals surface area contributed by atoms with Gasteiger partial charge in [0.1, 0.15) is 11.9 Å². The average Bonchev–Trinajstić information content (AvgIpc) is 3.44. The molecule has 0 aliphatic heterocycles.